The summed E-state index contributed by atoms with van der Waals surface area (Å²) >= 11 is 22.2. The lowest BCUT2D eigenvalue weighted by molar-refractivity contribution is -0.134. The van der Waals surface area contributed by atoms with Gasteiger partial charge in [-0.25, -0.2) is 9.80 Å². The van der Waals surface area contributed by atoms with E-state index in [-0.39, 0.29) is 11.7 Å². The fraction of sp³-hybridized carbons (Fsp3) is 0.133. The summed E-state index contributed by atoms with van der Waals surface area (Å²) in [6.07, 6.45) is 0. The third-order valence-electron chi connectivity index (χ3n) is 6.65. The molecule has 0 aromatic heterocycles. The van der Waals surface area contributed by atoms with Crippen LogP contribution in [0.3, 0.4) is 0 Å². The molecule has 1 spiro atoms. The summed E-state index contributed by atoms with van der Waals surface area (Å²) in [6.45, 7) is 2.04. The predicted octanol–water partition coefficient (Wildman–Crippen LogP) is 8.93. The van der Waals surface area contributed by atoms with Gasteiger partial charge in [-0.2, -0.15) is 5.10 Å². The van der Waals surface area contributed by atoms with Crippen LogP contribution in [-0.2, 0) is 18.5 Å². The molecule has 0 aliphatic carbocycles. The fourth-order valence-corrected chi connectivity index (χ4v) is 9.04. The molecule has 0 unspecified atom stereocenters. The van der Waals surface area contributed by atoms with Crippen molar-refractivity contribution in [3.05, 3.63) is 134 Å². The van der Waals surface area contributed by atoms with Gasteiger partial charge in [-0.3, -0.25) is 0 Å². The highest BCUT2D eigenvalue weighted by molar-refractivity contribution is 8.27. The van der Waals surface area contributed by atoms with Crippen molar-refractivity contribution in [1.82, 2.24) is 0 Å². The van der Waals surface area contributed by atoms with Crippen LogP contribution in [0, 0.1) is 0 Å². The highest BCUT2D eigenvalue weighted by Gasteiger charge is 2.62. The number of hydrogen-bond donors (Lipinski definition) is 0. The van der Waals surface area contributed by atoms with Gasteiger partial charge >= 0.3 is 5.97 Å². The third-order valence-corrected chi connectivity index (χ3v) is 10.7. The van der Waals surface area contributed by atoms with Gasteiger partial charge in [-0.1, -0.05) is 113 Å². The minimum atomic E-state index is -0.845. The Hall–Kier alpha value is -2.61. The Kier molecular flexibility index (Phi) is 7.11. The van der Waals surface area contributed by atoms with Crippen molar-refractivity contribution < 1.29 is 9.53 Å². The van der Waals surface area contributed by atoms with Crippen LogP contribution in [0.25, 0.3) is 0 Å². The van der Waals surface area contributed by atoms with Gasteiger partial charge < -0.3 is 4.74 Å². The van der Waals surface area contributed by atoms with E-state index in [9.17, 15) is 4.79 Å². The number of thioether (sulfide) groups is 2. The molecule has 4 aromatic rings. The Labute approximate surface area is 250 Å². The first kappa shape index (κ1) is 26.6. The van der Waals surface area contributed by atoms with Gasteiger partial charge in [-0.05, 0) is 66.1 Å². The number of nitrogens with zero attached hydrogens (tertiary/aromatic N) is 2. The Morgan fingerprint density at radius 3 is 2.03 bits per heavy atom. The molecule has 39 heavy (non-hydrogen) atoms. The Balaban J connectivity index is 1.63. The number of benzene rings is 4. The number of halogens is 3. The maximum absolute atomic E-state index is 13.1. The van der Waals surface area contributed by atoms with Crippen LogP contribution in [-0.4, -0.2) is 17.6 Å². The summed E-state index contributed by atoms with van der Waals surface area (Å²) in [5.41, 5.74) is 4.95. The first-order chi connectivity index (χ1) is 18.9. The van der Waals surface area contributed by atoms with Crippen molar-refractivity contribution in [2.75, 3.05) is 11.6 Å². The molecule has 0 saturated heterocycles. The number of hydrazone groups is 1. The quantitative estimate of drug-likeness (QED) is 0.211. The number of carbonyl (C=O) groups is 1. The SMILES string of the molecule is CCOC(=O)C1=NN(c2cccc(Cl)c2)[C@@]2(S1)SC(c1ccc(Cl)cc1)(c1ccc(Cl)cc1)c1ccccc12. The van der Waals surface area contributed by atoms with E-state index >= 15 is 0 Å². The van der Waals surface area contributed by atoms with Gasteiger partial charge in [0.25, 0.3) is 0 Å². The van der Waals surface area contributed by atoms with Crippen LogP contribution in [0.4, 0.5) is 5.69 Å². The monoisotopic (exact) mass is 610 g/mol. The van der Waals surface area contributed by atoms with Crippen molar-refractivity contribution in [2.24, 2.45) is 5.10 Å². The molecule has 0 N–H and O–H groups in total. The molecule has 0 bridgehead atoms. The van der Waals surface area contributed by atoms with Gasteiger partial charge in [0.1, 0.15) is 0 Å². The largest absolute Gasteiger partial charge is 0.461 e. The summed E-state index contributed by atoms with van der Waals surface area (Å²) in [5, 5.41) is 8.90. The van der Waals surface area contributed by atoms with Crippen molar-refractivity contribution in [3.63, 3.8) is 0 Å². The van der Waals surface area contributed by atoms with Crippen LogP contribution < -0.4 is 5.01 Å². The van der Waals surface area contributed by atoms with Crippen molar-refractivity contribution >= 4 is 75.0 Å². The molecule has 0 saturated carbocycles. The summed E-state index contributed by atoms with van der Waals surface area (Å²) < 4.78 is 3.87. The molecular formula is C30H21Cl3N2O2S2. The zero-order valence-corrected chi connectivity index (χ0v) is 24.5. The summed E-state index contributed by atoms with van der Waals surface area (Å²) in [6, 6.07) is 31.6. The molecule has 4 aromatic carbocycles. The van der Waals surface area contributed by atoms with Gasteiger partial charge in [0.05, 0.1) is 17.0 Å². The minimum Gasteiger partial charge on any atom is -0.461 e. The first-order valence-corrected chi connectivity index (χ1v) is 15.0. The Bertz CT molecular complexity index is 1550. The molecule has 196 valence electrons. The maximum atomic E-state index is 13.1. The second-order valence-corrected chi connectivity index (χ2v) is 13.1. The lowest BCUT2D eigenvalue weighted by Crippen LogP contribution is -2.34. The van der Waals surface area contributed by atoms with Gasteiger partial charge in [0.15, 0.2) is 4.20 Å². The van der Waals surface area contributed by atoms with Crippen LogP contribution in [0.5, 0.6) is 0 Å². The van der Waals surface area contributed by atoms with E-state index in [1.54, 1.807) is 18.7 Å². The zero-order valence-electron chi connectivity index (χ0n) is 20.6. The summed E-state index contributed by atoms with van der Waals surface area (Å²) in [5.74, 6) is -0.458. The third kappa shape index (κ3) is 4.43. The summed E-state index contributed by atoms with van der Waals surface area (Å²) in [7, 11) is 0. The number of rotatable bonds is 5. The first-order valence-electron chi connectivity index (χ1n) is 12.2. The van der Waals surface area contributed by atoms with Crippen molar-refractivity contribution in [2.45, 2.75) is 15.9 Å². The average molecular weight is 612 g/mol. The smallest absolute Gasteiger partial charge is 0.365 e. The van der Waals surface area contributed by atoms with E-state index in [0.29, 0.717) is 15.1 Å². The topological polar surface area (TPSA) is 41.9 Å². The number of ether oxygens (including phenoxy) is 1. The Morgan fingerprint density at radius 1 is 0.821 bits per heavy atom. The second kappa shape index (κ2) is 10.4. The molecule has 0 radical (unpaired) electrons. The van der Waals surface area contributed by atoms with E-state index in [2.05, 4.69) is 36.4 Å². The van der Waals surface area contributed by atoms with Gasteiger partial charge in [-0.15, -0.1) is 0 Å². The van der Waals surface area contributed by atoms with E-state index < -0.39 is 14.9 Å². The van der Waals surface area contributed by atoms with Gasteiger partial charge in [0.2, 0.25) is 5.04 Å². The maximum Gasteiger partial charge on any atom is 0.365 e. The van der Waals surface area contributed by atoms with Crippen LogP contribution in [0.1, 0.15) is 29.2 Å². The molecule has 0 fully saturated rings. The highest BCUT2D eigenvalue weighted by Crippen LogP contribution is 2.71. The number of hydrogen-bond acceptors (Lipinski definition) is 6. The van der Waals surface area contributed by atoms with E-state index in [1.807, 2.05) is 65.7 Å². The van der Waals surface area contributed by atoms with Crippen LogP contribution in [0.15, 0.2) is 102 Å². The van der Waals surface area contributed by atoms with Crippen molar-refractivity contribution in [1.29, 1.82) is 0 Å². The zero-order chi connectivity index (χ0) is 27.2. The number of fused-ring (bicyclic) bond motifs is 2. The predicted molar refractivity (Wildman–Crippen MR) is 164 cm³/mol. The van der Waals surface area contributed by atoms with Crippen molar-refractivity contribution in [3.8, 4) is 0 Å². The van der Waals surface area contributed by atoms with Gasteiger partial charge in [0, 0.05) is 20.6 Å². The minimum absolute atomic E-state index is 0.256. The molecule has 2 heterocycles. The number of carbonyl (C=O) groups excluding carboxylic acids is 1. The molecule has 4 nitrogen and oxygen atoms in total. The molecular weight excluding hydrogens is 591 g/mol. The average Bonchev–Trinajstić information content (AvgIpc) is 3.47. The molecule has 1 atom stereocenters. The van der Waals surface area contributed by atoms with E-state index in [1.165, 1.54) is 11.8 Å². The van der Waals surface area contributed by atoms with Crippen LogP contribution >= 0.6 is 58.3 Å². The molecule has 0 amide bonds. The molecule has 2 aliphatic heterocycles. The van der Waals surface area contributed by atoms with E-state index in [4.69, 9.17) is 44.6 Å². The molecule has 2 aliphatic rings. The normalized spacial score (nSPS) is 19.2. The van der Waals surface area contributed by atoms with Crippen LogP contribution in [0.2, 0.25) is 15.1 Å². The Morgan fingerprint density at radius 2 is 1.44 bits per heavy atom. The van der Waals surface area contributed by atoms with E-state index in [0.717, 1.165) is 27.9 Å². The lowest BCUT2D eigenvalue weighted by Gasteiger charge is -2.37. The standard InChI is InChI=1S/C30H21Cl3N2O2S2/c1-2-37-28(36)27-34-35(24-7-5-6-23(33)18-24)30(38-27)26-9-4-3-8-25(26)29(39-30,19-10-14-21(31)15-11-19)20-12-16-22(32)17-13-20/h3-18H,2H2,1H3/t30-/m0/s1. The fourth-order valence-electron chi connectivity index (χ4n) is 5.04. The second-order valence-electron chi connectivity index (χ2n) is 8.94. The number of esters is 1. The summed E-state index contributed by atoms with van der Waals surface area (Å²) in [4.78, 5) is 13.1. The number of anilines is 1. The lowest BCUT2D eigenvalue weighted by atomic mass is 9.82. The highest BCUT2D eigenvalue weighted by atomic mass is 35.5. The molecule has 6 rings (SSSR count). The molecule has 9 heteroatoms.